The molecule has 2 rings (SSSR count). The van der Waals surface area contributed by atoms with E-state index in [1.807, 2.05) is 0 Å². The van der Waals surface area contributed by atoms with E-state index in [0.29, 0.717) is 10.6 Å². The molecular weight excluding hydrogens is 303 g/mol. The van der Waals surface area contributed by atoms with Crippen LogP contribution in [0.4, 0.5) is 10.1 Å². The Labute approximate surface area is 121 Å². The molecule has 0 amide bonds. The molecule has 0 saturated heterocycles. The van der Waals surface area contributed by atoms with Crippen LogP contribution in [0.1, 0.15) is 5.56 Å². The Morgan fingerprint density at radius 2 is 1.80 bits per heavy atom. The number of hydrogen-bond donors (Lipinski definition) is 2. The monoisotopic (exact) mass is 314 g/mol. The molecule has 2 aromatic carbocycles. The maximum atomic E-state index is 12.7. The van der Waals surface area contributed by atoms with Crippen LogP contribution >= 0.6 is 11.6 Å². The minimum atomic E-state index is -3.74. The quantitative estimate of drug-likeness (QED) is 0.852. The average Bonchev–Trinajstić information content (AvgIpc) is 2.37. The smallest absolute Gasteiger partial charge is 0.242 e. The van der Waals surface area contributed by atoms with Gasteiger partial charge < -0.3 is 5.73 Å². The Kier molecular flexibility index (Phi) is 4.27. The topological polar surface area (TPSA) is 72.2 Å². The van der Waals surface area contributed by atoms with Gasteiger partial charge in [0, 0.05) is 11.6 Å². The highest BCUT2D eigenvalue weighted by molar-refractivity contribution is 7.89. The minimum absolute atomic E-state index is 0.0380. The second-order valence-corrected chi connectivity index (χ2v) is 6.30. The van der Waals surface area contributed by atoms with E-state index in [1.165, 1.54) is 42.5 Å². The number of nitrogens with one attached hydrogen (secondary N) is 1. The average molecular weight is 315 g/mol. The van der Waals surface area contributed by atoms with Crippen molar-refractivity contribution in [1.82, 2.24) is 4.72 Å². The zero-order chi connectivity index (χ0) is 14.8. The molecular formula is C13H12ClFN2O2S. The van der Waals surface area contributed by atoms with E-state index < -0.39 is 10.0 Å². The Morgan fingerprint density at radius 1 is 1.15 bits per heavy atom. The van der Waals surface area contributed by atoms with Crippen molar-refractivity contribution in [2.24, 2.45) is 0 Å². The summed E-state index contributed by atoms with van der Waals surface area (Å²) in [7, 11) is -3.74. The molecule has 7 heteroatoms. The molecule has 0 spiro atoms. The molecule has 0 aliphatic carbocycles. The molecule has 0 aliphatic heterocycles. The maximum Gasteiger partial charge on any atom is 0.242 e. The SMILES string of the molecule is Nc1cc(Cl)ccc1S(=O)(=O)NCc1ccc(F)cc1. The van der Waals surface area contributed by atoms with E-state index in [0.717, 1.165) is 0 Å². The lowest BCUT2D eigenvalue weighted by atomic mass is 10.2. The first-order chi connectivity index (χ1) is 9.38. The van der Waals surface area contributed by atoms with Crippen LogP contribution in [0.5, 0.6) is 0 Å². The number of anilines is 1. The standard InChI is InChI=1S/C13H12ClFN2O2S/c14-10-3-6-13(12(16)7-10)20(18,19)17-8-9-1-4-11(15)5-2-9/h1-7,17H,8,16H2. The van der Waals surface area contributed by atoms with Crippen LogP contribution in [0, 0.1) is 5.82 Å². The van der Waals surface area contributed by atoms with E-state index in [4.69, 9.17) is 17.3 Å². The van der Waals surface area contributed by atoms with Gasteiger partial charge in [0.05, 0.1) is 5.69 Å². The summed E-state index contributed by atoms with van der Waals surface area (Å²) in [4.78, 5) is -0.0380. The van der Waals surface area contributed by atoms with Crippen LogP contribution in [0.2, 0.25) is 5.02 Å². The van der Waals surface area contributed by atoms with Gasteiger partial charge in [0.25, 0.3) is 0 Å². The third-order valence-corrected chi connectivity index (χ3v) is 4.35. The molecule has 0 aliphatic rings. The van der Waals surface area contributed by atoms with E-state index in [2.05, 4.69) is 4.72 Å². The fraction of sp³-hybridized carbons (Fsp3) is 0.0769. The number of benzene rings is 2. The lowest BCUT2D eigenvalue weighted by Crippen LogP contribution is -2.24. The molecule has 20 heavy (non-hydrogen) atoms. The lowest BCUT2D eigenvalue weighted by molar-refractivity contribution is 0.581. The molecule has 0 aromatic heterocycles. The van der Waals surface area contributed by atoms with Crippen LogP contribution in [-0.4, -0.2) is 8.42 Å². The van der Waals surface area contributed by atoms with Crippen molar-refractivity contribution in [2.45, 2.75) is 11.4 Å². The highest BCUT2D eigenvalue weighted by atomic mass is 35.5. The van der Waals surface area contributed by atoms with E-state index in [-0.39, 0.29) is 22.9 Å². The van der Waals surface area contributed by atoms with Gasteiger partial charge in [-0.1, -0.05) is 23.7 Å². The Balaban J connectivity index is 2.17. The fourth-order valence-corrected chi connectivity index (χ4v) is 2.93. The fourth-order valence-electron chi connectivity index (χ4n) is 1.62. The summed E-state index contributed by atoms with van der Waals surface area (Å²) in [6.07, 6.45) is 0. The summed E-state index contributed by atoms with van der Waals surface area (Å²) < 4.78 is 39.3. The van der Waals surface area contributed by atoms with E-state index in [9.17, 15) is 12.8 Å². The zero-order valence-electron chi connectivity index (χ0n) is 10.3. The maximum absolute atomic E-state index is 12.7. The van der Waals surface area contributed by atoms with Crippen molar-refractivity contribution >= 4 is 27.3 Å². The molecule has 0 heterocycles. The summed E-state index contributed by atoms with van der Waals surface area (Å²) in [5.41, 5.74) is 6.36. The van der Waals surface area contributed by atoms with E-state index >= 15 is 0 Å². The van der Waals surface area contributed by atoms with Gasteiger partial charge in [-0.05, 0) is 35.9 Å². The molecule has 4 nitrogen and oxygen atoms in total. The summed E-state index contributed by atoms with van der Waals surface area (Å²) >= 11 is 5.72. The van der Waals surface area contributed by atoms with Crippen molar-refractivity contribution in [3.63, 3.8) is 0 Å². The highest BCUT2D eigenvalue weighted by Gasteiger charge is 2.17. The molecule has 0 atom stereocenters. The first-order valence-corrected chi connectivity index (χ1v) is 7.54. The summed E-state index contributed by atoms with van der Waals surface area (Å²) in [6.45, 7) is 0.0463. The van der Waals surface area contributed by atoms with Crippen molar-refractivity contribution in [3.05, 3.63) is 58.9 Å². The zero-order valence-corrected chi connectivity index (χ0v) is 11.9. The van der Waals surface area contributed by atoms with Gasteiger partial charge in [-0.25, -0.2) is 17.5 Å². The van der Waals surface area contributed by atoms with Crippen molar-refractivity contribution in [1.29, 1.82) is 0 Å². The van der Waals surface area contributed by atoms with Gasteiger partial charge in [-0.15, -0.1) is 0 Å². The van der Waals surface area contributed by atoms with Gasteiger partial charge in [0.1, 0.15) is 10.7 Å². The number of nitrogen functional groups attached to an aromatic ring is 1. The summed E-state index contributed by atoms with van der Waals surface area (Å²) in [5, 5.41) is 0.361. The lowest BCUT2D eigenvalue weighted by Gasteiger charge is -2.09. The third-order valence-electron chi connectivity index (χ3n) is 2.64. The van der Waals surface area contributed by atoms with Crippen molar-refractivity contribution in [3.8, 4) is 0 Å². The molecule has 3 N–H and O–H groups in total. The predicted molar refractivity (Wildman–Crippen MR) is 76.3 cm³/mol. The van der Waals surface area contributed by atoms with Crippen LogP contribution < -0.4 is 10.5 Å². The summed E-state index contributed by atoms with van der Waals surface area (Å²) in [6, 6.07) is 9.69. The van der Waals surface area contributed by atoms with Gasteiger partial charge >= 0.3 is 0 Å². The van der Waals surface area contributed by atoms with Gasteiger partial charge in [-0.3, -0.25) is 0 Å². The number of hydrogen-bond acceptors (Lipinski definition) is 3. The highest BCUT2D eigenvalue weighted by Crippen LogP contribution is 2.22. The number of nitrogens with two attached hydrogens (primary N) is 1. The van der Waals surface area contributed by atoms with Gasteiger partial charge in [-0.2, -0.15) is 0 Å². The largest absolute Gasteiger partial charge is 0.398 e. The normalized spacial score (nSPS) is 11.5. The van der Waals surface area contributed by atoms with Gasteiger partial charge in [0.2, 0.25) is 10.0 Å². The van der Waals surface area contributed by atoms with Crippen LogP contribution in [0.3, 0.4) is 0 Å². The predicted octanol–water partition coefficient (Wildman–Crippen LogP) is 2.54. The number of rotatable bonds is 4. The third kappa shape index (κ3) is 3.47. The molecule has 0 fully saturated rings. The first kappa shape index (κ1) is 14.8. The van der Waals surface area contributed by atoms with E-state index in [1.54, 1.807) is 0 Å². The Hall–Kier alpha value is -1.63. The molecule has 106 valence electrons. The second-order valence-electron chi connectivity index (χ2n) is 4.13. The van der Waals surface area contributed by atoms with Crippen molar-refractivity contribution in [2.75, 3.05) is 5.73 Å². The molecule has 0 unspecified atom stereocenters. The molecule has 0 saturated carbocycles. The van der Waals surface area contributed by atoms with Crippen LogP contribution in [0.15, 0.2) is 47.4 Å². The van der Waals surface area contributed by atoms with Crippen LogP contribution in [-0.2, 0) is 16.6 Å². The number of halogens is 2. The molecule has 0 radical (unpaired) electrons. The van der Waals surface area contributed by atoms with Gasteiger partial charge in [0.15, 0.2) is 0 Å². The van der Waals surface area contributed by atoms with Crippen molar-refractivity contribution < 1.29 is 12.8 Å². The Bertz CT molecular complexity index is 718. The number of sulfonamides is 1. The Morgan fingerprint density at radius 3 is 2.40 bits per heavy atom. The molecule has 2 aromatic rings. The second kappa shape index (κ2) is 5.78. The first-order valence-electron chi connectivity index (χ1n) is 5.67. The molecule has 0 bridgehead atoms. The van der Waals surface area contributed by atoms with Crippen LogP contribution in [0.25, 0.3) is 0 Å². The summed E-state index contributed by atoms with van der Waals surface area (Å²) in [5.74, 6) is -0.376. The minimum Gasteiger partial charge on any atom is -0.398 e.